The highest BCUT2D eigenvalue weighted by molar-refractivity contribution is 7.98. The Balaban J connectivity index is 1.60. The quantitative estimate of drug-likeness (QED) is 0.458. The number of esters is 1. The number of rotatable bonds is 6. The summed E-state index contributed by atoms with van der Waals surface area (Å²) in [5, 5.41) is 2.66. The molecular weight excluding hydrogens is 380 g/mol. The first kappa shape index (κ1) is 19.4. The van der Waals surface area contributed by atoms with Crippen molar-refractivity contribution in [3.05, 3.63) is 66.2 Å². The van der Waals surface area contributed by atoms with E-state index in [-0.39, 0.29) is 11.3 Å². The van der Waals surface area contributed by atoms with Crippen LogP contribution in [-0.4, -0.2) is 36.6 Å². The first-order chi connectivity index (χ1) is 13.5. The van der Waals surface area contributed by atoms with Gasteiger partial charge >= 0.3 is 5.97 Å². The molecule has 0 radical (unpaired) electrons. The fraction of sp³-hybridized carbons (Fsp3) is 0.100. The van der Waals surface area contributed by atoms with Crippen molar-refractivity contribution in [1.29, 1.82) is 0 Å². The maximum atomic E-state index is 12.2. The molecule has 3 rings (SSSR count). The fourth-order valence-corrected chi connectivity index (χ4v) is 3.00. The minimum Gasteiger partial charge on any atom is -0.452 e. The van der Waals surface area contributed by atoms with Crippen LogP contribution in [0.25, 0.3) is 0 Å². The minimum atomic E-state index is -0.734. The second-order valence-electron chi connectivity index (χ2n) is 5.75. The standard InChI is InChI=1S/C20H16N2O5S/c1-28-16-7-3-5-14(11-16)21-17(23)12-27-20(26)13-4-2-6-15(10-13)22-18(24)8-9-19(22)25/h2-11H,12H2,1H3,(H,21,23). The van der Waals surface area contributed by atoms with Crippen LogP contribution in [0.3, 0.4) is 0 Å². The SMILES string of the molecule is CSc1cccc(NC(=O)COC(=O)c2cccc(N3C(=O)C=CC3=O)c2)c1. The van der Waals surface area contributed by atoms with Crippen molar-refractivity contribution in [3.8, 4) is 0 Å². The summed E-state index contributed by atoms with van der Waals surface area (Å²) in [6.07, 6.45) is 4.24. The number of amides is 3. The first-order valence-corrected chi connectivity index (χ1v) is 9.47. The Hall–Kier alpha value is -3.39. The highest BCUT2D eigenvalue weighted by Gasteiger charge is 2.25. The summed E-state index contributed by atoms with van der Waals surface area (Å²) in [6.45, 7) is -0.463. The number of imide groups is 1. The number of carbonyl (C=O) groups is 4. The van der Waals surface area contributed by atoms with Gasteiger partial charge in [0.25, 0.3) is 17.7 Å². The van der Waals surface area contributed by atoms with Crippen LogP contribution in [0.1, 0.15) is 10.4 Å². The lowest BCUT2D eigenvalue weighted by atomic mass is 10.2. The van der Waals surface area contributed by atoms with Gasteiger partial charge in [-0.3, -0.25) is 14.4 Å². The number of nitrogens with zero attached hydrogens (tertiary/aromatic N) is 1. The summed E-state index contributed by atoms with van der Waals surface area (Å²) in [5.41, 5.74) is 0.989. The molecule has 3 amide bonds. The third-order valence-electron chi connectivity index (χ3n) is 3.84. The van der Waals surface area contributed by atoms with E-state index in [2.05, 4.69) is 5.32 Å². The van der Waals surface area contributed by atoms with Crippen molar-refractivity contribution in [2.24, 2.45) is 0 Å². The number of hydrogen-bond donors (Lipinski definition) is 1. The van der Waals surface area contributed by atoms with Gasteiger partial charge in [-0.15, -0.1) is 11.8 Å². The van der Waals surface area contributed by atoms with Crippen molar-refractivity contribution in [2.45, 2.75) is 4.90 Å². The number of nitrogens with one attached hydrogen (secondary N) is 1. The predicted octanol–water partition coefficient (Wildman–Crippen LogP) is 2.63. The monoisotopic (exact) mass is 396 g/mol. The molecule has 0 unspecified atom stereocenters. The van der Waals surface area contributed by atoms with Crippen molar-refractivity contribution >= 4 is 46.8 Å². The second kappa shape index (κ2) is 8.53. The average Bonchev–Trinajstić information content (AvgIpc) is 3.04. The molecule has 28 heavy (non-hydrogen) atoms. The summed E-state index contributed by atoms with van der Waals surface area (Å²) in [4.78, 5) is 49.7. The molecule has 0 fully saturated rings. The zero-order valence-corrected chi connectivity index (χ0v) is 15.7. The summed E-state index contributed by atoms with van der Waals surface area (Å²) in [5.74, 6) is -2.18. The molecule has 0 aromatic heterocycles. The first-order valence-electron chi connectivity index (χ1n) is 8.25. The van der Waals surface area contributed by atoms with Crippen LogP contribution in [0, 0.1) is 0 Å². The number of carbonyl (C=O) groups excluding carboxylic acids is 4. The normalized spacial score (nSPS) is 13.0. The van der Waals surface area contributed by atoms with Crippen LogP contribution in [0.5, 0.6) is 0 Å². The van der Waals surface area contributed by atoms with E-state index in [4.69, 9.17) is 4.74 Å². The molecule has 0 aliphatic carbocycles. The molecule has 1 aliphatic heterocycles. The molecule has 0 spiro atoms. The van der Waals surface area contributed by atoms with Crippen molar-refractivity contribution < 1.29 is 23.9 Å². The molecule has 8 heteroatoms. The smallest absolute Gasteiger partial charge is 0.338 e. The van der Waals surface area contributed by atoms with Crippen LogP contribution in [0.2, 0.25) is 0 Å². The molecule has 1 N–H and O–H groups in total. The molecule has 2 aromatic carbocycles. The molecule has 142 valence electrons. The lowest BCUT2D eigenvalue weighted by molar-refractivity contribution is -0.120. The van der Waals surface area contributed by atoms with Crippen LogP contribution in [-0.2, 0) is 19.1 Å². The number of hydrogen-bond acceptors (Lipinski definition) is 6. The Kier molecular flexibility index (Phi) is 5.90. The lowest BCUT2D eigenvalue weighted by Gasteiger charge is -2.14. The number of ether oxygens (including phenoxy) is 1. The maximum absolute atomic E-state index is 12.2. The second-order valence-corrected chi connectivity index (χ2v) is 6.63. The van der Waals surface area contributed by atoms with E-state index < -0.39 is 30.3 Å². The highest BCUT2D eigenvalue weighted by atomic mass is 32.2. The van der Waals surface area contributed by atoms with Crippen molar-refractivity contribution in [2.75, 3.05) is 23.1 Å². The Morgan fingerprint density at radius 1 is 1.04 bits per heavy atom. The zero-order chi connectivity index (χ0) is 20.1. The van der Waals surface area contributed by atoms with E-state index in [0.29, 0.717) is 5.69 Å². The highest BCUT2D eigenvalue weighted by Crippen LogP contribution is 2.21. The summed E-state index contributed by atoms with van der Waals surface area (Å²) in [6, 6.07) is 13.2. The Labute approximate surface area is 165 Å². The molecule has 1 heterocycles. The maximum Gasteiger partial charge on any atom is 0.338 e. The van der Waals surface area contributed by atoms with Gasteiger partial charge in [0, 0.05) is 22.7 Å². The van der Waals surface area contributed by atoms with Gasteiger partial charge in [-0.05, 0) is 42.7 Å². The van der Waals surface area contributed by atoms with Gasteiger partial charge in [0.15, 0.2) is 6.61 Å². The van der Waals surface area contributed by atoms with E-state index in [1.165, 1.54) is 24.3 Å². The van der Waals surface area contributed by atoms with Crippen molar-refractivity contribution in [1.82, 2.24) is 0 Å². The fourth-order valence-electron chi connectivity index (χ4n) is 2.54. The third-order valence-corrected chi connectivity index (χ3v) is 4.56. The van der Waals surface area contributed by atoms with E-state index >= 15 is 0 Å². The van der Waals surface area contributed by atoms with E-state index in [0.717, 1.165) is 21.9 Å². The van der Waals surface area contributed by atoms with Gasteiger partial charge in [-0.25, -0.2) is 9.69 Å². The summed E-state index contributed by atoms with van der Waals surface area (Å²) >= 11 is 1.54. The summed E-state index contributed by atoms with van der Waals surface area (Å²) in [7, 11) is 0. The van der Waals surface area contributed by atoms with Crippen LogP contribution >= 0.6 is 11.8 Å². The Morgan fingerprint density at radius 3 is 2.46 bits per heavy atom. The molecule has 0 bridgehead atoms. The Morgan fingerprint density at radius 2 is 1.75 bits per heavy atom. The van der Waals surface area contributed by atoms with Gasteiger partial charge in [0.2, 0.25) is 0 Å². The average molecular weight is 396 g/mol. The molecule has 0 saturated carbocycles. The van der Waals surface area contributed by atoms with Gasteiger partial charge in [0.05, 0.1) is 11.3 Å². The van der Waals surface area contributed by atoms with Gasteiger partial charge in [-0.1, -0.05) is 12.1 Å². The predicted molar refractivity (Wildman–Crippen MR) is 105 cm³/mol. The molecule has 0 atom stereocenters. The Bertz CT molecular complexity index is 968. The summed E-state index contributed by atoms with van der Waals surface area (Å²) < 4.78 is 5.03. The molecule has 7 nitrogen and oxygen atoms in total. The van der Waals surface area contributed by atoms with Crippen molar-refractivity contribution in [3.63, 3.8) is 0 Å². The molecule has 0 saturated heterocycles. The van der Waals surface area contributed by atoms with E-state index in [1.807, 2.05) is 24.5 Å². The number of thioether (sulfide) groups is 1. The molecule has 1 aliphatic rings. The van der Waals surface area contributed by atoms with Crippen LogP contribution in [0.4, 0.5) is 11.4 Å². The molecular formula is C20H16N2O5S. The topological polar surface area (TPSA) is 92.8 Å². The lowest BCUT2D eigenvalue weighted by Crippen LogP contribution is -2.29. The number of benzene rings is 2. The van der Waals surface area contributed by atoms with E-state index in [1.54, 1.807) is 17.8 Å². The van der Waals surface area contributed by atoms with Gasteiger partial charge < -0.3 is 10.1 Å². The minimum absolute atomic E-state index is 0.127. The van der Waals surface area contributed by atoms with Gasteiger partial charge in [-0.2, -0.15) is 0 Å². The third kappa shape index (κ3) is 4.47. The van der Waals surface area contributed by atoms with Gasteiger partial charge in [0.1, 0.15) is 0 Å². The molecule has 2 aromatic rings. The largest absolute Gasteiger partial charge is 0.452 e. The number of anilines is 2. The van der Waals surface area contributed by atoms with E-state index in [9.17, 15) is 19.2 Å². The zero-order valence-electron chi connectivity index (χ0n) is 14.9. The van der Waals surface area contributed by atoms with Crippen LogP contribution in [0.15, 0.2) is 65.6 Å². The van der Waals surface area contributed by atoms with Crippen LogP contribution < -0.4 is 10.2 Å².